The lowest BCUT2D eigenvalue weighted by Crippen LogP contribution is -2.42. The monoisotopic (exact) mass is 334 g/mol. The first-order valence-corrected chi connectivity index (χ1v) is 7.94. The molecule has 1 unspecified atom stereocenters. The molecule has 0 radical (unpaired) electrons. The minimum Gasteiger partial charge on any atom is -0.423 e. The Labute approximate surface area is 142 Å². The van der Waals surface area contributed by atoms with Crippen LogP contribution < -0.4 is 15.5 Å². The zero-order chi connectivity index (χ0) is 17.9. The number of nitrogens with zero attached hydrogens (tertiary/aromatic N) is 2. The van der Waals surface area contributed by atoms with E-state index in [2.05, 4.69) is 36.4 Å². The van der Waals surface area contributed by atoms with Crippen LogP contribution in [0.5, 0.6) is 0 Å². The lowest BCUT2D eigenvalue weighted by Gasteiger charge is -2.25. The highest BCUT2D eigenvalue weighted by atomic mass is 16.4. The highest BCUT2D eigenvalue weighted by Crippen LogP contribution is 2.24. The van der Waals surface area contributed by atoms with Gasteiger partial charge in [-0.2, -0.15) is 4.98 Å². The van der Waals surface area contributed by atoms with Crippen molar-refractivity contribution in [2.45, 2.75) is 33.2 Å². The Balaban J connectivity index is 2.04. The lowest BCUT2D eigenvalue weighted by molar-refractivity contribution is 0.196. The third-order valence-electron chi connectivity index (χ3n) is 3.43. The van der Waals surface area contributed by atoms with Crippen LogP contribution in [0.3, 0.4) is 0 Å². The molecule has 3 N–H and O–H groups in total. The van der Waals surface area contributed by atoms with Crippen molar-refractivity contribution in [2.75, 3.05) is 30.9 Å². The number of urea groups is 1. The second-order valence-electron chi connectivity index (χ2n) is 7.32. The number of fused-ring (bicyclic) bond motifs is 1. The van der Waals surface area contributed by atoms with Crippen molar-refractivity contribution in [3.63, 3.8) is 0 Å². The summed E-state index contributed by atoms with van der Waals surface area (Å²) in [5.41, 5.74) is 1.95. The van der Waals surface area contributed by atoms with Crippen LogP contribution in [0.1, 0.15) is 27.2 Å². The van der Waals surface area contributed by atoms with Gasteiger partial charge in [-0.25, -0.2) is 4.79 Å². The maximum atomic E-state index is 12.1. The average Bonchev–Trinajstić information content (AvgIpc) is 2.88. The summed E-state index contributed by atoms with van der Waals surface area (Å²) >= 11 is 0. The van der Waals surface area contributed by atoms with Gasteiger partial charge in [-0.1, -0.05) is 20.8 Å². The predicted octanol–water partition coefficient (Wildman–Crippen LogP) is 2.81. The molecule has 1 aromatic heterocycles. The number of aliphatic hydroxyl groups excluding tert-OH is 1. The molecule has 0 bridgehead atoms. The van der Waals surface area contributed by atoms with Gasteiger partial charge >= 0.3 is 6.03 Å². The molecule has 0 fully saturated rings. The molecular formula is C17H26N4O3. The van der Waals surface area contributed by atoms with Crippen LogP contribution in [0.15, 0.2) is 22.6 Å². The zero-order valence-electron chi connectivity index (χ0n) is 14.9. The van der Waals surface area contributed by atoms with Crippen molar-refractivity contribution < 1.29 is 14.3 Å². The maximum Gasteiger partial charge on any atom is 0.319 e. The van der Waals surface area contributed by atoms with Crippen molar-refractivity contribution in [1.29, 1.82) is 0 Å². The van der Waals surface area contributed by atoms with E-state index in [0.29, 0.717) is 23.7 Å². The number of aromatic nitrogens is 1. The number of hydrogen-bond acceptors (Lipinski definition) is 5. The Bertz CT molecular complexity index is 703. The van der Waals surface area contributed by atoms with E-state index in [1.807, 2.05) is 14.1 Å². The molecule has 0 saturated carbocycles. The Morgan fingerprint density at radius 1 is 1.38 bits per heavy atom. The number of amides is 2. The zero-order valence-corrected chi connectivity index (χ0v) is 14.9. The molecule has 0 aliphatic heterocycles. The van der Waals surface area contributed by atoms with Crippen molar-refractivity contribution in [3.8, 4) is 0 Å². The molecule has 2 amide bonds. The van der Waals surface area contributed by atoms with Gasteiger partial charge in [0.05, 0.1) is 12.6 Å². The van der Waals surface area contributed by atoms with E-state index >= 15 is 0 Å². The topological polar surface area (TPSA) is 90.6 Å². The molecule has 7 heteroatoms. The van der Waals surface area contributed by atoms with Crippen molar-refractivity contribution in [2.24, 2.45) is 5.41 Å². The molecule has 1 aromatic carbocycles. The first-order valence-electron chi connectivity index (χ1n) is 7.94. The fourth-order valence-electron chi connectivity index (χ4n) is 2.43. The average molecular weight is 334 g/mol. The van der Waals surface area contributed by atoms with Gasteiger partial charge in [-0.15, -0.1) is 0 Å². The summed E-state index contributed by atoms with van der Waals surface area (Å²) in [4.78, 5) is 18.2. The Kier molecular flexibility index (Phi) is 5.33. The number of nitrogens with one attached hydrogen (secondary N) is 2. The third kappa shape index (κ3) is 4.86. The van der Waals surface area contributed by atoms with Crippen LogP contribution in [0.25, 0.3) is 11.1 Å². The fraction of sp³-hybridized carbons (Fsp3) is 0.529. The van der Waals surface area contributed by atoms with E-state index < -0.39 is 0 Å². The molecule has 0 saturated heterocycles. The number of carbonyl (C=O) groups is 1. The number of aliphatic hydroxyl groups is 1. The second kappa shape index (κ2) is 7.09. The lowest BCUT2D eigenvalue weighted by atomic mass is 9.88. The number of hydrogen-bond donors (Lipinski definition) is 3. The summed E-state index contributed by atoms with van der Waals surface area (Å²) in [6.45, 7) is 6.10. The van der Waals surface area contributed by atoms with Gasteiger partial charge in [0.1, 0.15) is 5.52 Å². The summed E-state index contributed by atoms with van der Waals surface area (Å²) in [7, 11) is 3.70. The molecule has 2 aromatic rings. The summed E-state index contributed by atoms with van der Waals surface area (Å²) in [6.07, 6.45) is 0.685. The van der Waals surface area contributed by atoms with E-state index in [1.165, 1.54) is 0 Å². The van der Waals surface area contributed by atoms with E-state index in [-0.39, 0.29) is 24.1 Å². The number of carbonyl (C=O) groups excluding carboxylic acids is 1. The van der Waals surface area contributed by atoms with Crippen LogP contribution in [-0.2, 0) is 0 Å². The first kappa shape index (κ1) is 18.1. The largest absolute Gasteiger partial charge is 0.423 e. The fourth-order valence-corrected chi connectivity index (χ4v) is 2.43. The quantitative estimate of drug-likeness (QED) is 0.782. The molecule has 0 spiro atoms. The summed E-state index contributed by atoms with van der Waals surface area (Å²) in [6, 6.07) is 5.15. The molecule has 1 heterocycles. The van der Waals surface area contributed by atoms with Crippen molar-refractivity contribution in [3.05, 3.63) is 18.2 Å². The van der Waals surface area contributed by atoms with Gasteiger partial charge in [-0.05, 0) is 24.0 Å². The van der Waals surface area contributed by atoms with E-state index in [0.717, 1.165) is 5.52 Å². The van der Waals surface area contributed by atoms with Gasteiger partial charge in [-0.3, -0.25) is 0 Å². The van der Waals surface area contributed by atoms with Crippen molar-refractivity contribution >= 4 is 28.8 Å². The van der Waals surface area contributed by atoms with Crippen LogP contribution in [0.4, 0.5) is 16.5 Å². The molecule has 2 rings (SSSR count). The van der Waals surface area contributed by atoms with E-state index in [4.69, 9.17) is 4.42 Å². The minimum absolute atomic E-state index is 0.0159. The van der Waals surface area contributed by atoms with Gasteiger partial charge < -0.3 is 25.1 Å². The Morgan fingerprint density at radius 3 is 2.67 bits per heavy atom. The number of oxazole rings is 1. The van der Waals surface area contributed by atoms with Crippen LogP contribution in [0, 0.1) is 5.41 Å². The normalized spacial score (nSPS) is 12.9. The third-order valence-corrected chi connectivity index (χ3v) is 3.43. The Hall–Kier alpha value is -2.28. The molecule has 7 nitrogen and oxygen atoms in total. The smallest absolute Gasteiger partial charge is 0.319 e. The molecule has 1 atom stereocenters. The number of rotatable bonds is 5. The van der Waals surface area contributed by atoms with Crippen LogP contribution in [-0.4, -0.2) is 42.9 Å². The predicted molar refractivity (Wildman–Crippen MR) is 95.4 cm³/mol. The van der Waals surface area contributed by atoms with Crippen LogP contribution in [0.2, 0.25) is 0 Å². The maximum absolute atomic E-state index is 12.1. The van der Waals surface area contributed by atoms with Gasteiger partial charge in [0, 0.05) is 25.8 Å². The number of benzene rings is 1. The molecule has 132 valence electrons. The van der Waals surface area contributed by atoms with E-state index in [9.17, 15) is 9.90 Å². The van der Waals surface area contributed by atoms with Gasteiger partial charge in [0.2, 0.25) is 0 Å². The Morgan fingerprint density at radius 2 is 2.08 bits per heavy atom. The standard InChI is InChI=1S/C17H26N4O3/c1-17(2,3)9-12(10-22)19-15(23)18-11-6-7-13-14(8-11)24-16(20-13)21(4)5/h6-8,12,22H,9-10H2,1-5H3,(H2,18,19,23). The van der Waals surface area contributed by atoms with E-state index in [1.54, 1.807) is 23.1 Å². The van der Waals surface area contributed by atoms with Crippen molar-refractivity contribution in [1.82, 2.24) is 10.3 Å². The molecule has 0 aliphatic carbocycles. The SMILES string of the molecule is CN(C)c1nc2ccc(NC(=O)NC(CO)CC(C)(C)C)cc2o1. The first-order chi connectivity index (χ1) is 11.2. The highest BCUT2D eigenvalue weighted by Gasteiger charge is 2.20. The molecule has 0 aliphatic rings. The minimum atomic E-state index is -0.356. The van der Waals surface area contributed by atoms with Crippen LogP contribution >= 0.6 is 0 Å². The van der Waals surface area contributed by atoms with Gasteiger partial charge in [0.25, 0.3) is 6.01 Å². The molecular weight excluding hydrogens is 308 g/mol. The summed E-state index contributed by atoms with van der Waals surface area (Å²) < 4.78 is 5.62. The van der Waals surface area contributed by atoms with Gasteiger partial charge in [0.15, 0.2) is 5.58 Å². The summed E-state index contributed by atoms with van der Waals surface area (Å²) in [5.74, 6) is 0. The summed E-state index contributed by atoms with van der Waals surface area (Å²) in [5, 5.41) is 15.0. The second-order valence-corrected chi connectivity index (χ2v) is 7.32. The molecule has 24 heavy (non-hydrogen) atoms. The number of anilines is 2. The highest BCUT2D eigenvalue weighted by molar-refractivity contribution is 5.91.